The van der Waals surface area contributed by atoms with Crippen molar-refractivity contribution in [1.29, 1.82) is 0 Å². The molecule has 0 aromatic heterocycles. The van der Waals surface area contributed by atoms with Crippen LogP contribution in [0.1, 0.15) is 0 Å². The summed E-state index contributed by atoms with van der Waals surface area (Å²) in [6.45, 7) is 8.07. The lowest BCUT2D eigenvalue weighted by Crippen LogP contribution is -2.59. The maximum Gasteiger partial charge on any atom is 0.667 e. The molecule has 0 aromatic carbocycles. The van der Waals surface area contributed by atoms with Crippen LogP contribution in [0.15, 0.2) is 0 Å². The predicted molar refractivity (Wildman–Crippen MR) is 188 cm³/mol. The summed E-state index contributed by atoms with van der Waals surface area (Å²) in [6, 6.07) is 0. The van der Waals surface area contributed by atoms with Crippen molar-refractivity contribution in [3.05, 3.63) is 0 Å². The Bertz CT molecular complexity index is 1740. The fourth-order valence-electron chi connectivity index (χ4n) is 3.30. The van der Waals surface area contributed by atoms with Gasteiger partial charge in [0.05, 0.1) is 0 Å². The van der Waals surface area contributed by atoms with Gasteiger partial charge in [0.2, 0.25) is 17.1 Å². The zero-order valence-electron chi connectivity index (χ0n) is 27.7. The summed E-state index contributed by atoms with van der Waals surface area (Å²) in [7, 11) is -77.5. The van der Waals surface area contributed by atoms with Crippen LogP contribution >= 0.6 is 0 Å². The van der Waals surface area contributed by atoms with Crippen LogP contribution in [0.2, 0.25) is 32.7 Å². The first-order valence-electron chi connectivity index (χ1n) is 13.3. The second-order valence-electron chi connectivity index (χ2n) is 10.8. The highest BCUT2D eigenvalue weighted by Gasteiger charge is 2.56. The Morgan fingerprint density at radius 1 is 0.373 bits per heavy atom. The standard InChI is InChI=1S/C8H26O22Si21/c1-26-51(27-2,28-3)29-31-32(9)33(10)34(11)35(12)36(13)37(14)38(15)39(16)40(17)41(18)42(19)43(20)44(21)45(22)46(23)47(24)48(25)50(7,8)30-49(4,5)6/h31H2,1-8H3. The highest BCUT2D eigenvalue weighted by Crippen LogP contribution is 2.14. The first-order chi connectivity index (χ1) is 23.1. The molecule has 0 spiro atoms. The largest absolute Gasteiger partial charge is 0.667 e. The van der Waals surface area contributed by atoms with Crippen LogP contribution in [0, 0.1) is 0 Å². The molecule has 0 N–H and O–H groups in total. The number of hydrogen-bond donors (Lipinski definition) is 0. The van der Waals surface area contributed by atoms with Crippen LogP contribution in [0.3, 0.4) is 0 Å². The minimum absolute atomic E-state index is 1.13. The fourth-order valence-corrected chi connectivity index (χ4v) is 228. The molecule has 0 unspecified atom stereocenters. The van der Waals surface area contributed by atoms with Gasteiger partial charge in [-0.2, -0.15) is 0 Å². The van der Waals surface area contributed by atoms with Crippen LogP contribution in [0.5, 0.6) is 0 Å². The molecule has 0 atom stereocenters. The average molecular weight is 1060 g/mol. The van der Waals surface area contributed by atoms with Gasteiger partial charge < -0.3 is 97.4 Å². The van der Waals surface area contributed by atoms with E-state index in [9.17, 15) is 75.9 Å². The van der Waals surface area contributed by atoms with Crippen molar-refractivity contribution in [3.63, 3.8) is 0 Å². The fraction of sp³-hybridized carbons (Fsp3) is 1.00. The second-order valence-corrected chi connectivity index (χ2v) is 112. The molecule has 0 bridgehead atoms. The van der Waals surface area contributed by atoms with Crippen LogP contribution in [0.25, 0.3) is 0 Å². The van der Waals surface area contributed by atoms with Crippen LogP contribution < -0.4 is 0 Å². The van der Waals surface area contributed by atoms with Gasteiger partial charge >= 0.3 is 140 Å². The van der Waals surface area contributed by atoms with Crippen molar-refractivity contribution in [2.45, 2.75) is 32.7 Å². The summed E-state index contributed by atoms with van der Waals surface area (Å²) in [5.41, 5.74) is 0. The van der Waals surface area contributed by atoms with Crippen LogP contribution in [-0.4, -0.2) is 187 Å². The Hall–Kier alpha value is 0.955. The molecule has 0 aliphatic rings. The summed E-state index contributed by atoms with van der Waals surface area (Å²) in [6.07, 6.45) is 0. The smallest absolute Gasteiger partial charge is 0.453 e. The zero-order chi connectivity index (χ0) is 40.6. The van der Waals surface area contributed by atoms with Gasteiger partial charge in [-0.15, -0.1) is 0 Å². The Morgan fingerprint density at radius 3 is 0.843 bits per heavy atom. The molecule has 0 aliphatic carbocycles. The van der Waals surface area contributed by atoms with E-state index in [0.717, 1.165) is 21.3 Å². The molecule has 0 aliphatic heterocycles. The lowest BCUT2D eigenvalue weighted by atomic mass is 11.8. The third-order valence-corrected chi connectivity index (χ3v) is 158. The van der Waals surface area contributed by atoms with E-state index in [2.05, 4.69) is 0 Å². The summed E-state index contributed by atoms with van der Waals surface area (Å²) >= 11 is 0. The molecular weight excluding hydrogens is 1040 g/mol. The molecule has 0 heterocycles. The van der Waals surface area contributed by atoms with Gasteiger partial charge in [0.15, 0.2) is 8.32 Å². The van der Waals surface area contributed by atoms with E-state index in [0.29, 0.717) is 0 Å². The maximum atomic E-state index is 12.9. The highest BCUT2D eigenvalue weighted by molar-refractivity contribution is 7.82. The van der Waals surface area contributed by atoms with E-state index in [1.165, 1.54) is 13.1 Å². The molecule has 43 heteroatoms. The number of rotatable bonds is 25. The third kappa shape index (κ3) is 14.4. The monoisotopic (exact) mass is 1060 g/mol. The van der Waals surface area contributed by atoms with Crippen molar-refractivity contribution >= 4 is 166 Å². The molecule has 0 saturated carbocycles. The van der Waals surface area contributed by atoms with Crippen molar-refractivity contribution in [2.75, 3.05) is 21.3 Å². The van der Waals surface area contributed by atoms with Gasteiger partial charge in [-0.1, -0.05) is 0 Å². The van der Waals surface area contributed by atoms with Crippen molar-refractivity contribution in [2.24, 2.45) is 0 Å². The van der Waals surface area contributed by atoms with Crippen molar-refractivity contribution in [3.8, 4) is 0 Å². The maximum absolute atomic E-state index is 12.9. The van der Waals surface area contributed by atoms with E-state index < -0.39 is 166 Å². The predicted octanol–water partition coefficient (Wildman–Crippen LogP) is -7.48. The molecule has 51 heavy (non-hydrogen) atoms. The third-order valence-electron chi connectivity index (χ3n) is 5.58. The Labute approximate surface area is 314 Å². The van der Waals surface area contributed by atoms with E-state index >= 15 is 0 Å². The van der Waals surface area contributed by atoms with E-state index in [1.807, 2.05) is 0 Å². The lowest BCUT2D eigenvalue weighted by Gasteiger charge is -2.28. The molecular formula is C8H26O22Si21. The minimum atomic E-state index is -4.37. The van der Waals surface area contributed by atoms with Crippen LogP contribution in [-0.2, 0) is 97.4 Å². The highest BCUT2D eigenvalue weighted by atomic mass is 30.1. The van der Waals surface area contributed by atoms with Crippen molar-refractivity contribution in [1.82, 2.24) is 0 Å². The molecule has 0 amide bonds. The summed E-state index contributed by atoms with van der Waals surface area (Å²) < 4.78 is 241. The zero-order valence-corrected chi connectivity index (χ0v) is 49.1. The molecule has 0 fully saturated rings. The normalized spacial score (nSPS) is 11.6. The molecule has 0 saturated heterocycles. The van der Waals surface area contributed by atoms with Crippen LogP contribution in [0.4, 0.5) is 0 Å². The van der Waals surface area contributed by atoms with Gasteiger partial charge in [-0.25, -0.2) is 0 Å². The molecule has 0 rings (SSSR count). The van der Waals surface area contributed by atoms with Crippen molar-refractivity contribution < 1.29 is 97.4 Å². The SMILES string of the molecule is CO[Si](OC)(OC)O[SiH2][Si](=O)[Si](=O)[Si](=O)[Si](=O)[Si](=O)[Si](=O)[Si](=O)[Si](=O)[Si](=O)[Si](=O)[Si](=O)[Si](=O)[Si](=O)[Si](=O)[Si](=O)[Si](=O)[Si](=O)[Si](C)(C)O[Si](C)(C)C. The lowest BCUT2D eigenvalue weighted by molar-refractivity contribution is 0.0534. The topological polar surface area (TPSA) is 336 Å². The van der Waals surface area contributed by atoms with E-state index in [1.54, 1.807) is 19.6 Å². The first-order valence-corrected chi connectivity index (χ1v) is 65.1. The molecule has 22 nitrogen and oxygen atoms in total. The van der Waals surface area contributed by atoms with Gasteiger partial charge in [0.25, 0.3) is 0 Å². The average Bonchev–Trinajstić information content (AvgIpc) is 3.09. The van der Waals surface area contributed by atoms with E-state index in [-0.39, 0.29) is 0 Å². The second kappa shape index (κ2) is 22.0. The Balaban J connectivity index is 5.71. The summed E-state index contributed by atoms with van der Waals surface area (Å²) in [4.78, 5) is 0. The summed E-state index contributed by atoms with van der Waals surface area (Å²) in [5, 5.41) is 0. The number of hydrogen-bond acceptors (Lipinski definition) is 22. The summed E-state index contributed by atoms with van der Waals surface area (Å²) in [5.74, 6) is 0. The van der Waals surface area contributed by atoms with Gasteiger partial charge in [0, 0.05) is 21.3 Å². The molecule has 274 valence electrons. The van der Waals surface area contributed by atoms with Gasteiger partial charge in [-0.05, 0) is 32.7 Å². The Kier molecular flexibility index (Phi) is 22.5. The molecule has 0 radical (unpaired) electrons. The molecule has 0 aromatic rings. The van der Waals surface area contributed by atoms with E-state index in [4.69, 9.17) is 21.5 Å². The quantitative estimate of drug-likeness (QED) is 0.0767. The van der Waals surface area contributed by atoms with Gasteiger partial charge in [-0.3, -0.25) is 0 Å². The first kappa shape index (κ1) is 52.0. The minimum Gasteiger partial charge on any atom is -0.453 e. The Morgan fingerprint density at radius 2 is 0.608 bits per heavy atom. The van der Waals surface area contributed by atoms with Gasteiger partial charge in [0.1, 0.15) is 0 Å².